The molecular formula is C20H18FN5O3S. The fraction of sp³-hybridized carbons (Fsp3) is 0.100. The molecule has 0 aliphatic rings. The summed E-state index contributed by atoms with van der Waals surface area (Å²) >= 11 is 1.14. The minimum atomic E-state index is -0.623. The van der Waals surface area contributed by atoms with Crippen molar-refractivity contribution in [2.24, 2.45) is 0 Å². The van der Waals surface area contributed by atoms with Crippen molar-refractivity contribution in [1.82, 2.24) is 10.3 Å². The maximum atomic E-state index is 13.7. The molecule has 0 spiro atoms. The number of halogens is 1. The van der Waals surface area contributed by atoms with E-state index in [9.17, 15) is 18.8 Å². The Labute approximate surface area is 175 Å². The van der Waals surface area contributed by atoms with Crippen LogP contribution in [-0.2, 0) is 11.2 Å². The molecule has 0 unspecified atom stereocenters. The Morgan fingerprint density at radius 1 is 0.967 bits per heavy atom. The highest BCUT2D eigenvalue weighted by molar-refractivity contribution is 7.14. The monoisotopic (exact) mass is 427 g/mol. The highest BCUT2D eigenvalue weighted by atomic mass is 32.1. The van der Waals surface area contributed by atoms with Gasteiger partial charge in [0.15, 0.2) is 5.13 Å². The van der Waals surface area contributed by atoms with Crippen molar-refractivity contribution in [3.63, 3.8) is 0 Å². The van der Waals surface area contributed by atoms with Gasteiger partial charge in [-0.3, -0.25) is 14.9 Å². The normalized spacial score (nSPS) is 10.2. The van der Waals surface area contributed by atoms with Crippen LogP contribution in [0.3, 0.4) is 0 Å². The molecule has 2 aromatic carbocycles. The highest BCUT2D eigenvalue weighted by Crippen LogP contribution is 2.19. The zero-order chi connectivity index (χ0) is 21.5. The first-order valence-corrected chi connectivity index (χ1v) is 9.71. The molecule has 0 aliphatic heterocycles. The molecule has 8 nitrogen and oxygen atoms in total. The van der Waals surface area contributed by atoms with Crippen LogP contribution >= 0.6 is 11.3 Å². The van der Waals surface area contributed by atoms with Crippen molar-refractivity contribution < 1.29 is 18.8 Å². The number of aromatic nitrogens is 1. The van der Waals surface area contributed by atoms with Crippen LogP contribution in [0.5, 0.6) is 0 Å². The molecule has 4 N–H and O–H groups in total. The van der Waals surface area contributed by atoms with Crippen molar-refractivity contribution in [2.75, 3.05) is 23.0 Å². The summed E-state index contributed by atoms with van der Waals surface area (Å²) in [7, 11) is 1.51. The summed E-state index contributed by atoms with van der Waals surface area (Å²) in [5.41, 5.74) is 1.54. The minimum Gasteiger partial charge on any atom is -0.341 e. The lowest BCUT2D eigenvalue weighted by molar-refractivity contribution is -0.115. The number of anilines is 3. The third-order valence-electron chi connectivity index (χ3n) is 3.89. The van der Waals surface area contributed by atoms with Crippen molar-refractivity contribution in [3.05, 3.63) is 71.0 Å². The summed E-state index contributed by atoms with van der Waals surface area (Å²) in [6.45, 7) is 0. The van der Waals surface area contributed by atoms with E-state index in [1.165, 1.54) is 25.2 Å². The summed E-state index contributed by atoms with van der Waals surface area (Å²) in [6, 6.07) is 11.9. The maximum Gasteiger partial charge on any atom is 0.318 e. The lowest BCUT2D eigenvalue weighted by Crippen LogP contribution is -2.24. The Hall–Kier alpha value is -3.79. The van der Waals surface area contributed by atoms with Gasteiger partial charge >= 0.3 is 6.03 Å². The fourth-order valence-corrected chi connectivity index (χ4v) is 3.16. The van der Waals surface area contributed by atoms with E-state index < -0.39 is 11.7 Å². The van der Waals surface area contributed by atoms with E-state index in [0.29, 0.717) is 17.1 Å². The minimum absolute atomic E-state index is 0.00428. The molecule has 0 bridgehead atoms. The number of nitrogens with one attached hydrogen (secondary N) is 4. The summed E-state index contributed by atoms with van der Waals surface area (Å²) in [4.78, 5) is 39.8. The number of urea groups is 1. The molecule has 3 rings (SSSR count). The first-order chi connectivity index (χ1) is 14.4. The van der Waals surface area contributed by atoms with Gasteiger partial charge < -0.3 is 16.0 Å². The SMILES string of the molecule is CNC(=O)Nc1ccc(NC(=O)Cc2csc(NC(=O)c3ccccc3F)n2)cc1. The molecule has 30 heavy (non-hydrogen) atoms. The molecule has 10 heteroatoms. The summed E-state index contributed by atoms with van der Waals surface area (Å²) < 4.78 is 13.7. The Morgan fingerprint density at radius 3 is 2.30 bits per heavy atom. The van der Waals surface area contributed by atoms with Crippen LogP contribution in [0.2, 0.25) is 0 Å². The van der Waals surface area contributed by atoms with Gasteiger partial charge in [-0.15, -0.1) is 11.3 Å². The predicted octanol–water partition coefficient (Wildman–Crippen LogP) is 3.47. The number of carbonyl (C=O) groups is 3. The Bertz CT molecular complexity index is 1070. The second-order valence-corrected chi connectivity index (χ2v) is 6.94. The van der Waals surface area contributed by atoms with E-state index in [0.717, 1.165) is 11.3 Å². The zero-order valence-electron chi connectivity index (χ0n) is 15.9. The number of thiazole rings is 1. The molecule has 0 atom stereocenters. The topological polar surface area (TPSA) is 112 Å². The summed E-state index contributed by atoms with van der Waals surface area (Å²) in [5.74, 6) is -1.52. The average molecular weight is 427 g/mol. The molecule has 1 aromatic heterocycles. The molecule has 0 fully saturated rings. The molecule has 0 saturated carbocycles. The van der Waals surface area contributed by atoms with Gasteiger partial charge in [0, 0.05) is 23.8 Å². The van der Waals surface area contributed by atoms with Crippen molar-refractivity contribution in [1.29, 1.82) is 0 Å². The largest absolute Gasteiger partial charge is 0.341 e. The van der Waals surface area contributed by atoms with Crippen LogP contribution < -0.4 is 21.3 Å². The van der Waals surface area contributed by atoms with Crippen molar-refractivity contribution >= 4 is 45.7 Å². The summed E-state index contributed by atoms with van der Waals surface area (Å²) in [6.07, 6.45) is 0.00428. The van der Waals surface area contributed by atoms with Gasteiger partial charge in [0.1, 0.15) is 5.82 Å². The maximum absolute atomic E-state index is 13.7. The number of carbonyl (C=O) groups excluding carboxylic acids is 3. The van der Waals surface area contributed by atoms with E-state index in [1.54, 1.807) is 35.7 Å². The molecule has 154 valence electrons. The van der Waals surface area contributed by atoms with Crippen molar-refractivity contribution in [2.45, 2.75) is 6.42 Å². The second kappa shape index (κ2) is 9.61. The van der Waals surface area contributed by atoms with Gasteiger partial charge in [-0.05, 0) is 36.4 Å². The van der Waals surface area contributed by atoms with Gasteiger partial charge in [-0.25, -0.2) is 14.2 Å². The second-order valence-electron chi connectivity index (χ2n) is 6.08. The molecular weight excluding hydrogens is 409 g/mol. The van der Waals surface area contributed by atoms with Crippen LogP contribution in [0.25, 0.3) is 0 Å². The number of hydrogen-bond donors (Lipinski definition) is 4. The Morgan fingerprint density at radius 2 is 1.63 bits per heavy atom. The van der Waals surface area contributed by atoms with Gasteiger partial charge in [0.25, 0.3) is 5.91 Å². The van der Waals surface area contributed by atoms with Gasteiger partial charge in [-0.2, -0.15) is 0 Å². The molecule has 3 aromatic rings. The lowest BCUT2D eigenvalue weighted by atomic mass is 10.2. The number of nitrogens with zero attached hydrogens (tertiary/aromatic N) is 1. The Kier molecular flexibility index (Phi) is 6.71. The standard InChI is InChI=1S/C20H18FN5O3S/c1-22-19(29)24-13-8-6-12(7-9-13)23-17(27)10-14-11-30-20(25-14)26-18(28)15-4-2-3-5-16(15)21/h2-9,11H,10H2,1H3,(H,23,27)(H2,22,24,29)(H,25,26,28). The van der Waals surface area contributed by atoms with Crippen LogP contribution in [0.15, 0.2) is 53.9 Å². The Balaban J connectivity index is 1.54. The van der Waals surface area contributed by atoms with Crippen LogP contribution in [-0.4, -0.2) is 29.9 Å². The first kappa shape index (κ1) is 20.9. The van der Waals surface area contributed by atoms with Gasteiger partial charge in [0.2, 0.25) is 5.91 Å². The third-order valence-corrected chi connectivity index (χ3v) is 4.69. The number of amides is 4. The smallest absolute Gasteiger partial charge is 0.318 e. The van der Waals surface area contributed by atoms with Crippen LogP contribution in [0, 0.1) is 5.82 Å². The average Bonchev–Trinajstić information content (AvgIpc) is 3.16. The number of hydrogen-bond acceptors (Lipinski definition) is 5. The molecule has 0 saturated heterocycles. The van der Waals surface area contributed by atoms with Crippen LogP contribution in [0.1, 0.15) is 16.1 Å². The summed E-state index contributed by atoms with van der Waals surface area (Å²) in [5, 5.41) is 12.2. The molecule has 1 heterocycles. The fourth-order valence-electron chi connectivity index (χ4n) is 2.46. The number of rotatable bonds is 6. The molecule has 0 radical (unpaired) electrons. The van der Waals surface area contributed by atoms with E-state index in [4.69, 9.17) is 0 Å². The molecule has 0 aliphatic carbocycles. The van der Waals surface area contributed by atoms with Crippen LogP contribution in [0.4, 0.5) is 25.7 Å². The van der Waals surface area contributed by atoms with E-state index in [1.807, 2.05) is 0 Å². The first-order valence-electron chi connectivity index (χ1n) is 8.83. The third kappa shape index (κ3) is 5.61. The molecule has 4 amide bonds. The van der Waals surface area contributed by atoms with E-state index in [2.05, 4.69) is 26.3 Å². The lowest BCUT2D eigenvalue weighted by Gasteiger charge is -2.07. The van der Waals surface area contributed by atoms with Gasteiger partial charge in [-0.1, -0.05) is 12.1 Å². The van der Waals surface area contributed by atoms with E-state index in [-0.39, 0.29) is 29.1 Å². The van der Waals surface area contributed by atoms with E-state index >= 15 is 0 Å². The number of benzene rings is 2. The highest BCUT2D eigenvalue weighted by Gasteiger charge is 2.14. The zero-order valence-corrected chi connectivity index (χ0v) is 16.7. The predicted molar refractivity (Wildman–Crippen MR) is 113 cm³/mol. The quantitative estimate of drug-likeness (QED) is 0.483. The van der Waals surface area contributed by atoms with Crippen molar-refractivity contribution in [3.8, 4) is 0 Å². The van der Waals surface area contributed by atoms with Gasteiger partial charge in [0.05, 0.1) is 17.7 Å².